The summed E-state index contributed by atoms with van der Waals surface area (Å²) in [6.07, 6.45) is 14.4. The maximum Gasteiger partial charge on any atom is 0.274 e. The van der Waals surface area contributed by atoms with E-state index >= 15 is 0 Å². The lowest BCUT2D eigenvalue weighted by atomic mass is 9.48. The molecule has 3 heterocycles. The molecule has 5 fully saturated rings. The highest BCUT2D eigenvalue weighted by atomic mass is 16.2. The SMILES string of the molecule is CC(CC12CC3CC(CC(C3)C1)C2)NCc1c(C(=O)N2CCCC2)nc2ccccn12. The smallest absolute Gasteiger partial charge is 0.274 e. The van der Waals surface area contributed by atoms with Crippen molar-refractivity contribution < 1.29 is 4.79 Å². The van der Waals surface area contributed by atoms with Crippen molar-refractivity contribution in [2.45, 2.75) is 77.3 Å². The van der Waals surface area contributed by atoms with Crippen molar-refractivity contribution in [1.29, 1.82) is 0 Å². The van der Waals surface area contributed by atoms with Crippen LogP contribution in [0.4, 0.5) is 0 Å². The fraction of sp³-hybridized carbons (Fsp3) is 0.692. The number of amides is 1. The van der Waals surface area contributed by atoms with Crippen LogP contribution >= 0.6 is 0 Å². The van der Waals surface area contributed by atoms with Gasteiger partial charge >= 0.3 is 0 Å². The highest BCUT2D eigenvalue weighted by Gasteiger charge is 2.50. The molecule has 4 bridgehead atoms. The molecule has 4 saturated carbocycles. The van der Waals surface area contributed by atoms with E-state index in [-0.39, 0.29) is 5.91 Å². The fourth-order valence-electron chi connectivity index (χ4n) is 7.99. The van der Waals surface area contributed by atoms with Gasteiger partial charge in [-0.15, -0.1) is 0 Å². The molecule has 2 aromatic rings. The average Bonchev–Trinajstić information content (AvgIpc) is 3.38. The molecule has 1 amide bonds. The lowest BCUT2D eigenvalue weighted by Crippen LogP contribution is -2.48. The highest BCUT2D eigenvalue weighted by molar-refractivity contribution is 5.94. The van der Waals surface area contributed by atoms with Gasteiger partial charge in [-0.05, 0) is 100 Å². The minimum Gasteiger partial charge on any atom is -0.337 e. The summed E-state index contributed by atoms with van der Waals surface area (Å²) in [7, 11) is 0. The monoisotopic (exact) mass is 420 g/mol. The Kier molecular flexibility index (Phi) is 4.86. The standard InChI is InChI=1S/C26H36N4O/c1-18(13-26-14-19-10-20(15-26)12-21(11-19)16-26)27-17-22-24(25(31)29-7-4-5-8-29)28-23-6-2-3-9-30(22)23/h2-3,6,9,18-21,27H,4-5,7-8,10-17H2,1H3. The topological polar surface area (TPSA) is 49.6 Å². The molecule has 5 heteroatoms. The highest BCUT2D eigenvalue weighted by Crippen LogP contribution is 2.61. The second-order valence-electron chi connectivity index (χ2n) is 11.2. The number of pyridine rings is 1. The second kappa shape index (κ2) is 7.61. The van der Waals surface area contributed by atoms with Gasteiger partial charge in [0.15, 0.2) is 5.69 Å². The van der Waals surface area contributed by atoms with E-state index in [9.17, 15) is 4.79 Å². The Balaban J connectivity index is 1.19. The minimum absolute atomic E-state index is 0.103. The zero-order chi connectivity index (χ0) is 21.0. The molecule has 4 aliphatic carbocycles. The molecular formula is C26H36N4O. The Morgan fingerprint density at radius 2 is 1.81 bits per heavy atom. The summed E-state index contributed by atoms with van der Waals surface area (Å²) in [6, 6.07) is 6.49. The van der Waals surface area contributed by atoms with Crippen LogP contribution in [-0.2, 0) is 6.54 Å². The second-order valence-corrected chi connectivity index (χ2v) is 11.2. The van der Waals surface area contributed by atoms with Crippen LogP contribution in [0.1, 0.15) is 80.9 Å². The maximum atomic E-state index is 13.2. The van der Waals surface area contributed by atoms with E-state index in [2.05, 4.69) is 16.6 Å². The molecule has 5 aliphatic rings. The third kappa shape index (κ3) is 3.59. The van der Waals surface area contributed by atoms with E-state index < -0.39 is 0 Å². The third-order valence-electron chi connectivity index (χ3n) is 8.75. The number of rotatable bonds is 6. The van der Waals surface area contributed by atoms with Crippen molar-refractivity contribution in [3.05, 3.63) is 35.8 Å². The van der Waals surface area contributed by atoms with Gasteiger partial charge in [0, 0.05) is 31.9 Å². The van der Waals surface area contributed by atoms with Gasteiger partial charge in [-0.1, -0.05) is 6.07 Å². The Hall–Kier alpha value is -1.88. The number of carbonyl (C=O) groups is 1. The van der Waals surface area contributed by atoms with Crippen molar-refractivity contribution in [3.63, 3.8) is 0 Å². The van der Waals surface area contributed by atoms with E-state index in [1.807, 2.05) is 29.3 Å². The van der Waals surface area contributed by atoms with Crippen LogP contribution in [0.5, 0.6) is 0 Å². The molecule has 1 aliphatic heterocycles. The van der Waals surface area contributed by atoms with Gasteiger partial charge in [0.2, 0.25) is 0 Å². The van der Waals surface area contributed by atoms with Crippen LogP contribution in [0.3, 0.4) is 0 Å². The van der Waals surface area contributed by atoms with E-state index in [1.54, 1.807) is 0 Å². The van der Waals surface area contributed by atoms with Gasteiger partial charge in [0.25, 0.3) is 5.91 Å². The molecule has 166 valence electrons. The zero-order valence-corrected chi connectivity index (χ0v) is 18.9. The van der Waals surface area contributed by atoms with Crippen LogP contribution in [0.2, 0.25) is 0 Å². The Bertz CT molecular complexity index is 938. The van der Waals surface area contributed by atoms with Gasteiger partial charge in [-0.2, -0.15) is 0 Å². The molecule has 31 heavy (non-hydrogen) atoms. The van der Waals surface area contributed by atoms with E-state index in [4.69, 9.17) is 4.98 Å². The third-order valence-corrected chi connectivity index (χ3v) is 8.75. The summed E-state index contributed by atoms with van der Waals surface area (Å²) in [5.41, 5.74) is 3.11. The molecule has 0 radical (unpaired) electrons. The van der Waals surface area contributed by atoms with E-state index in [0.717, 1.165) is 55.0 Å². The molecule has 5 nitrogen and oxygen atoms in total. The first kappa shape index (κ1) is 19.8. The molecule has 2 aromatic heterocycles. The molecule has 7 rings (SSSR count). The number of nitrogens with one attached hydrogen (secondary N) is 1. The number of imidazole rings is 1. The molecule has 0 spiro atoms. The van der Waals surface area contributed by atoms with E-state index in [0.29, 0.717) is 23.7 Å². The molecule has 1 atom stereocenters. The average molecular weight is 421 g/mol. The molecule has 1 N–H and O–H groups in total. The maximum absolute atomic E-state index is 13.2. The van der Waals surface area contributed by atoms with Crippen molar-refractivity contribution in [1.82, 2.24) is 19.6 Å². The summed E-state index contributed by atoms with van der Waals surface area (Å²) < 4.78 is 2.10. The summed E-state index contributed by atoms with van der Waals surface area (Å²) >= 11 is 0. The molecule has 0 aromatic carbocycles. The first-order valence-electron chi connectivity index (χ1n) is 12.6. The van der Waals surface area contributed by atoms with Crippen LogP contribution in [-0.4, -0.2) is 39.3 Å². The lowest BCUT2D eigenvalue weighted by Gasteiger charge is -2.57. The lowest BCUT2D eigenvalue weighted by molar-refractivity contribution is -0.0612. The van der Waals surface area contributed by atoms with E-state index in [1.165, 1.54) is 44.9 Å². The zero-order valence-electron chi connectivity index (χ0n) is 18.9. The number of fused-ring (bicyclic) bond motifs is 1. The first-order chi connectivity index (χ1) is 15.1. The quantitative estimate of drug-likeness (QED) is 0.740. The van der Waals surface area contributed by atoms with Gasteiger partial charge in [0.1, 0.15) is 5.65 Å². The number of carbonyl (C=O) groups excluding carboxylic acids is 1. The Morgan fingerprint density at radius 3 is 2.48 bits per heavy atom. The fourth-order valence-corrected chi connectivity index (χ4v) is 7.99. The normalized spacial score (nSPS) is 32.8. The Labute approximate surface area is 185 Å². The summed E-state index contributed by atoms with van der Waals surface area (Å²) in [6.45, 7) is 4.78. The van der Waals surface area contributed by atoms with Crippen molar-refractivity contribution in [2.24, 2.45) is 23.2 Å². The van der Waals surface area contributed by atoms with Crippen molar-refractivity contribution >= 4 is 11.6 Å². The predicted molar refractivity (Wildman–Crippen MR) is 122 cm³/mol. The van der Waals surface area contributed by atoms with Gasteiger partial charge in [0.05, 0.1) is 5.69 Å². The summed E-state index contributed by atoms with van der Waals surface area (Å²) in [4.78, 5) is 19.9. The molecular weight excluding hydrogens is 384 g/mol. The number of likely N-dealkylation sites (tertiary alicyclic amines) is 1. The van der Waals surface area contributed by atoms with Gasteiger partial charge in [-0.25, -0.2) is 4.98 Å². The largest absolute Gasteiger partial charge is 0.337 e. The van der Waals surface area contributed by atoms with Crippen molar-refractivity contribution in [2.75, 3.05) is 13.1 Å². The molecule has 1 saturated heterocycles. The van der Waals surface area contributed by atoms with Gasteiger partial charge < -0.3 is 14.6 Å². The van der Waals surface area contributed by atoms with Crippen LogP contribution in [0.25, 0.3) is 5.65 Å². The summed E-state index contributed by atoms with van der Waals surface area (Å²) in [5.74, 6) is 3.11. The Morgan fingerprint density at radius 1 is 1.13 bits per heavy atom. The predicted octanol–water partition coefficient (Wildman–Crippen LogP) is 4.65. The first-order valence-corrected chi connectivity index (χ1v) is 12.6. The van der Waals surface area contributed by atoms with Crippen LogP contribution in [0, 0.1) is 23.2 Å². The van der Waals surface area contributed by atoms with Crippen molar-refractivity contribution in [3.8, 4) is 0 Å². The number of hydrogen-bond donors (Lipinski definition) is 1. The molecule has 1 unspecified atom stereocenters. The van der Waals surface area contributed by atoms with Gasteiger partial charge in [-0.3, -0.25) is 4.79 Å². The van der Waals surface area contributed by atoms with Crippen LogP contribution in [0.15, 0.2) is 24.4 Å². The summed E-state index contributed by atoms with van der Waals surface area (Å²) in [5, 5.41) is 3.81. The van der Waals surface area contributed by atoms with Crippen LogP contribution < -0.4 is 5.32 Å². The number of nitrogens with zero attached hydrogens (tertiary/aromatic N) is 3. The number of aromatic nitrogens is 2. The minimum atomic E-state index is 0.103. The number of hydrogen-bond acceptors (Lipinski definition) is 3.